The number of carbonyl (C=O) groups is 3. The Hall–Kier alpha value is -5.14. The van der Waals surface area contributed by atoms with E-state index in [1.807, 2.05) is 53.1 Å². The lowest BCUT2D eigenvalue weighted by atomic mass is 9.81. The molecule has 296 valence electrons. The Labute approximate surface area is 328 Å². The molecule has 0 radical (unpaired) electrons. The van der Waals surface area contributed by atoms with Crippen molar-refractivity contribution in [3.8, 4) is 17.0 Å². The number of hydrogen-bond donors (Lipinski definition) is 2. The van der Waals surface area contributed by atoms with E-state index in [0.717, 1.165) is 71.2 Å². The van der Waals surface area contributed by atoms with Gasteiger partial charge in [-0.15, -0.1) is 6.58 Å². The number of hydrogen-bond acceptors (Lipinski definition) is 7. The normalized spacial score (nSPS) is 17.7. The number of allylic oxidation sites excluding steroid dienone is 1. The number of piperazine rings is 1. The second kappa shape index (κ2) is 16.5. The van der Waals surface area contributed by atoms with Gasteiger partial charge in [0.1, 0.15) is 18.4 Å². The first-order chi connectivity index (χ1) is 26.9. The Morgan fingerprint density at radius 1 is 0.964 bits per heavy atom. The minimum absolute atomic E-state index is 0.0919. The van der Waals surface area contributed by atoms with Gasteiger partial charge in [-0.2, -0.15) is 4.31 Å². The van der Waals surface area contributed by atoms with E-state index in [1.165, 1.54) is 17.0 Å². The largest absolute Gasteiger partial charge is 0.489 e. The summed E-state index contributed by atoms with van der Waals surface area (Å²) in [6.45, 7) is 6.57. The van der Waals surface area contributed by atoms with Gasteiger partial charge in [0.25, 0.3) is 0 Å². The number of aromatic carboxylic acids is 1. The third kappa shape index (κ3) is 8.06. The maximum absolute atomic E-state index is 13.2. The van der Waals surface area contributed by atoms with Crippen LogP contribution in [0.15, 0.2) is 73.3 Å². The highest BCUT2D eigenvalue weighted by Crippen LogP contribution is 2.46. The van der Waals surface area contributed by atoms with Crippen LogP contribution in [-0.2, 0) is 26.2 Å². The molecule has 3 heterocycles. The van der Waals surface area contributed by atoms with E-state index >= 15 is 0 Å². The molecule has 13 heteroatoms. The number of anilines is 2. The predicted molar refractivity (Wildman–Crippen MR) is 219 cm³/mol. The molecule has 4 aromatic rings. The van der Waals surface area contributed by atoms with E-state index in [2.05, 4.69) is 11.5 Å². The zero-order valence-electron chi connectivity index (χ0n) is 32.0. The monoisotopic (exact) mass is 781 g/mol. The number of nitrogens with zero attached hydrogens (tertiary/aromatic N) is 4. The lowest BCUT2D eigenvalue weighted by Gasteiger charge is -2.36. The molecule has 1 aliphatic carbocycles. The lowest BCUT2D eigenvalue weighted by molar-refractivity contribution is -0.121. The summed E-state index contributed by atoms with van der Waals surface area (Å²) in [5, 5.41) is 10.9. The number of carboxylic acid groups (broad SMARTS) is 1. The molecule has 7 rings (SSSR count). The van der Waals surface area contributed by atoms with Crippen molar-refractivity contribution in [2.45, 2.75) is 76.4 Å². The highest BCUT2D eigenvalue weighted by Gasteiger charge is 2.32. The second-order valence-electron chi connectivity index (χ2n) is 15.2. The molecule has 1 unspecified atom stereocenters. The smallest absolute Gasteiger partial charge is 0.335 e. The minimum atomic E-state index is -3.29. The average molecular weight is 782 g/mol. The van der Waals surface area contributed by atoms with Gasteiger partial charge in [0.2, 0.25) is 21.8 Å². The fraction of sp³-hybridized carbons (Fsp3) is 0.419. The Morgan fingerprint density at radius 3 is 2.32 bits per heavy atom. The van der Waals surface area contributed by atoms with Crippen molar-refractivity contribution in [2.24, 2.45) is 5.73 Å². The summed E-state index contributed by atoms with van der Waals surface area (Å²) in [5.74, 6) is -0.589. The number of primary amides is 1. The molecule has 0 bridgehead atoms. The summed E-state index contributed by atoms with van der Waals surface area (Å²) in [5.41, 5.74) is 12.4. The number of benzene rings is 3. The van der Waals surface area contributed by atoms with Gasteiger partial charge in [0, 0.05) is 61.5 Å². The van der Waals surface area contributed by atoms with Gasteiger partial charge in [-0.3, -0.25) is 9.59 Å². The van der Waals surface area contributed by atoms with Crippen molar-refractivity contribution in [1.82, 2.24) is 8.87 Å². The van der Waals surface area contributed by atoms with E-state index in [0.29, 0.717) is 63.3 Å². The van der Waals surface area contributed by atoms with Crippen molar-refractivity contribution >= 4 is 50.1 Å². The molecular formula is C43H51N5O7S. The number of aromatic nitrogens is 1. The first-order valence-electron chi connectivity index (χ1n) is 19.6. The number of carbonyl (C=O) groups excluding carboxylic acids is 2. The van der Waals surface area contributed by atoms with Crippen molar-refractivity contribution in [1.29, 1.82) is 0 Å². The number of sulfonamides is 1. The van der Waals surface area contributed by atoms with Gasteiger partial charge in [-0.05, 0) is 104 Å². The molecule has 2 aliphatic heterocycles. The van der Waals surface area contributed by atoms with Crippen LogP contribution in [0.1, 0.15) is 91.2 Å². The van der Waals surface area contributed by atoms with Crippen LogP contribution in [0.3, 0.4) is 0 Å². The highest BCUT2D eigenvalue weighted by molar-refractivity contribution is 7.88. The number of amides is 2. The number of rotatable bonds is 14. The molecule has 3 aromatic carbocycles. The molecule has 3 aliphatic rings. The van der Waals surface area contributed by atoms with Crippen LogP contribution in [0.5, 0.6) is 5.75 Å². The summed E-state index contributed by atoms with van der Waals surface area (Å²) in [7, 11) is -3.29. The van der Waals surface area contributed by atoms with Gasteiger partial charge in [0.15, 0.2) is 0 Å². The molecule has 3 fully saturated rings. The van der Waals surface area contributed by atoms with E-state index in [9.17, 15) is 27.9 Å². The van der Waals surface area contributed by atoms with Crippen molar-refractivity contribution in [3.05, 3.63) is 90.0 Å². The number of nitrogens with two attached hydrogens (primary N) is 1. The maximum Gasteiger partial charge on any atom is 0.335 e. The van der Waals surface area contributed by atoms with Crippen LogP contribution in [0, 0.1) is 0 Å². The molecule has 12 nitrogen and oxygen atoms in total. The van der Waals surface area contributed by atoms with E-state index in [4.69, 9.17) is 10.5 Å². The summed E-state index contributed by atoms with van der Waals surface area (Å²) < 4.78 is 34.3. The first-order valence-corrected chi connectivity index (χ1v) is 21.5. The molecule has 3 N–H and O–H groups in total. The van der Waals surface area contributed by atoms with Crippen molar-refractivity contribution in [2.75, 3.05) is 48.8 Å². The van der Waals surface area contributed by atoms with Gasteiger partial charge in [-0.25, -0.2) is 13.2 Å². The van der Waals surface area contributed by atoms with Crippen LogP contribution in [0.25, 0.3) is 22.2 Å². The van der Waals surface area contributed by atoms with Crippen molar-refractivity contribution in [3.63, 3.8) is 0 Å². The van der Waals surface area contributed by atoms with Gasteiger partial charge >= 0.3 is 5.97 Å². The summed E-state index contributed by atoms with van der Waals surface area (Å²) in [6.07, 6.45) is 10.6. The average Bonchev–Trinajstić information content (AvgIpc) is 3.78. The topological polar surface area (TPSA) is 155 Å². The zero-order chi connectivity index (χ0) is 39.6. The standard InChI is InChI=1S/C43H51N5O7S/c1-3-4-11-37(42(44)50)48-38-27-31(43(51)52)15-19-35(38)40(29-9-6-5-7-10-29)41(48)30-13-17-34(18-14-30)55-28-32-26-33(47-21-8-12-39(47)49)16-20-36(32)45-22-24-46(25-23-45)56(2,53)54/h3,13-20,26-27,29,37H,1,4-12,21-25,28H2,2H3,(H2,44,50)(H,51,52). The van der Waals surface area contributed by atoms with Crippen LogP contribution in [0.2, 0.25) is 0 Å². The zero-order valence-corrected chi connectivity index (χ0v) is 32.8. The Balaban J connectivity index is 1.25. The lowest BCUT2D eigenvalue weighted by Crippen LogP contribution is -2.48. The van der Waals surface area contributed by atoms with Crippen LogP contribution in [-0.4, -0.2) is 79.2 Å². The highest BCUT2D eigenvalue weighted by atomic mass is 32.2. The minimum Gasteiger partial charge on any atom is -0.489 e. The second-order valence-corrected chi connectivity index (χ2v) is 17.2. The summed E-state index contributed by atoms with van der Waals surface area (Å²) in [4.78, 5) is 42.1. The van der Waals surface area contributed by atoms with Gasteiger partial charge in [-0.1, -0.05) is 31.4 Å². The van der Waals surface area contributed by atoms with E-state index < -0.39 is 27.9 Å². The van der Waals surface area contributed by atoms with Crippen LogP contribution < -0.4 is 20.3 Å². The number of carboxylic acids is 1. The Morgan fingerprint density at radius 2 is 1.70 bits per heavy atom. The third-order valence-corrected chi connectivity index (χ3v) is 12.9. The molecule has 1 aromatic heterocycles. The molecule has 1 atom stereocenters. The van der Waals surface area contributed by atoms with Crippen LogP contribution in [0.4, 0.5) is 11.4 Å². The third-order valence-electron chi connectivity index (χ3n) is 11.6. The molecule has 0 spiro atoms. The SMILES string of the molecule is C=CCCC(C(N)=O)n1c(-c2ccc(OCc3cc(N4CCCC4=O)ccc3N3CCN(S(C)(=O)=O)CC3)cc2)c(C2CCCCC2)c2ccc(C(=O)O)cc21. The maximum atomic E-state index is 13.2. The number of ether oxygens (including phenoxy) is 1. The van der Waals surface area contributed by atoms with Crippen molar-refractivity contribution < 1.29 is 32.6 Å². The fourth-order valence-electron chi connectivity index (χ4n) is 8.78. The fourth-order valence-corrected chi connectivity index (χ4v) is 9.61. The quantitative estimate of drug-likeness (QED) is 0.132. The summed E-state index contributed by atoms with van der Waals surface area (Å²) in [6, 6.07) is 18.2. The van der Waals surface area contributed by atoms with Crippen LogP contribution >= 0.6 is 0 Å². The molecule has 1 saturated carbocycles. The van der Waals surface area contributed by atoms with Gasteiger partial charge < -0.3 is 29.9 Å². The summed E-state index contributed by atoms with van der Waals surface area (Å²) >= 11 is 0. The first kappa shape index (κ1) is 39.1. The molecule has 2 saturated heterocycles. The Kier molecular flexibility index (Phi) is 11.5. The Bertz CT molecular complexity index is 2240. The molecule has 2 amide bonds. The van der Waals surface area contributed by atoms with E-state index in [1.54, 1.807) is 23.1 Å². The van der Waals surface area contributed by atoms with E-state index in [-0.39, 0.29) is 24.0 Å². The van der Waals surface area contributed by atoms with Gasteiger partial charge in [0.05, 0.1) is 23.0 Å². The molecular weight excluding hydrogens is 731 g/mol. The predicted octanol–water partition coefficient (Wildman–Crippen LogP) is 6.83. The molecule has 56 heavy (non-hydrogen) atoms. The number of fused-ring (bicyclic) bond motifs is 1.